The summed E-state index contributed by atoms with van der Waals surface area (Å²) in [4.78, 5) is 50.6. The summed E-state index contributed by atoms with van der Waals surface area (Å²) in [5.41, 5.74) is 0. The highest BCUT2D eigenvalue weighted by atomic mass is 31.3. The van der Waals surface area contributed by atoms with Crippen molar-refractivity contribution < 1.29 is 51.7 Å². The van der Waals surface area contributed by atoms with Gasteiger partial charge in [0.15, 0.2) is 6.10 Å². The number of ether oxygens (including phenoxy) is 2. The highest BCUT2D eigenvalue weighted by molar-refractivity contribution is 7.60. The first-order chi connectivity index (χ1) is 15.0. The van der Waals surface area contributed by atoms with E-state index in [1.54, 1.807) is 0 Å². The van der Waals surface area contributed by atoms with Crippen LogP contribution >= 0.6 is 15.6 Å². The highest BCUT2D eigenvalue weighted by Crippen LogP contribution is 2.57. The van der Waals surface area contributed by atoms with Gasteiger partial charge in [0.25, 0.3) is 0 Å². The molecule has 1 unspecified atom stereocenters. The molecule has 0 radical (unpaired) electrons. The lowest BCUT2D eigenvalue weighted by molar-refractivity contribution is -0.161. The number of esters is 2. The minimum atomic E-state index is -5.28. The van der Waals surface area contributed by atoms with Crippen molar-refractivity contribution in [3.63, 3.8) is 0 Å². The Morgan fingerprint density at radius 1 is 0.750 bits per heavy atom. The second-order valence-corrected chi connectivity index (χ2v) is 10.3. The van der Waals surface area contributed by atoms with Crippen LogP contribution in [-0.4, -0.2) is 45.9 Å². The highest BCUT2D eigenvalue weighted by Gasteiger charge is 2.33. The summed E-state index contributed by atoms with van der Waals surface area (Å²) in [6.45, 7) is 2.98. The molecule has 0 amide bonds. The van der Waals surface area contributed by atoms with E-state index in [0.717, 1.165) is 51.4 Å². The van der Waals surface area contributed by atoms with E-state index in [2.05, 4.69) is 22.7 Å². The largest absolute Gasteiger partial charge is 0.481 e. The standard InChI is InChI=1S/C19H38O11P2/c1-3-5-7-9-11-13-18(20)27-15-17(16-28-32(25,26)30-31(22,23)24)29-19(21)14-12-10-8-6-4-2/h17H,3-16H2,1-2H3,(H,25,26)(H2,22,23,24)/t17-/m1/s1. The van der Waals surface area contributed by atoms with Crippen molar-refractivity contribution in [2.75, 3.05) is 13.2 Å². The van der Waals surface area contributed by atoms with Gasteiger partial charge in [-0.05, 0) is 12.8 Å². The maximum atomic E-state index is 12.1. The molecule has 0 rings (SSSR count). The molecule has 32 heavy (non-hydrogen) atoms. The van der Waals surface area contributed by atoms with E-state index in [1.165, 1.54) is 0 Å². The van der Waals surface area contributed by atoms with E-state index in [4.69, 9.17) is 19.3 Å². The molecule has 0 aliphatic rings. The summed E-state index contributed by atoms with van der Waals surface area (Å²) in [7, 11) is -10.4. The van der Waals surface area contributed by atoms with Gasteiger partial charge in [0.1, 0.15) is 6.61 Å². The van der Waals surface area contributed by atoms with Crippen LogP contribution in [0.25, 0.3) is 0 Å². The fourth-order valence-corrected chi connectivity index (χ4v) is 4.32. The van der Waals surface area contributed by atoms with Gasteiger partial charge in [0.2, 0.25) is 0 Å². The zero-order valence-corrected chi connectivity index (χ0v) is 20.8. The maximum absolute atomic E-state index is 12.1. The zero-order valence-electron chi connectivity index (χ0n) is 19.0. The van der Waals surface area contributed by atoms with Crippen LogP contribution in [0.1, 0.15) is 90.9 Å². The summed E-state index contributed by atoms with van der Waals surface area (Å²) in [6.07, 6.45) is 8.33. The van der Waals surface area contributed by atoms with E-state index >= 15 is 0 Å². The van der Waals surface area contributed by atoms with Crippen LogP contribution in [0.3, 0.4) is 0 Å². The van der Waals surface area contributed by atoms with Crippen LogP contribution in [0.4, 0.5) is 0 Å². The lowest BCUT2D eigenvalue weighted by Crippen LogP contribution is -2.29. The molecule has 0 heterocycles. The molecule has 0 saturated heterocycles. The smallest absolute Gasteiger partial charge is 0.462 e. The number of phosphoric ester groups is 1. The number of hydrogen-bond donors (Lipinski definition) is 3. The van der Waals surface area contributed by atoms with E-state index in [1.807, 2.05) is 0 Å². The van der Waals surface area contributed by atoms with E-state index in [9.17, 15) is 23.6 Å². The second-order valence-electron chi connectivity index (χ2n) is 7.46. The predicted octanol–water partition coefficient (Wildman–Crippen LogP) is 4.39. The third-order valence-corrected chi connectivity index (χ3v) is 6.48. The molecule has 2 atom stereocenters. The van der Waals surface area contributed by atoms with E-state index < -0.39 is 46.9 Å². The van der Waals surface area contributed by atoms with Gasteiger partial charge in [-0.1, -0.05) is 65.2 Å². The van der Waals surface area contributed by atoms with Crippen molar-refractivity contribution in [3.05, 3.63) is 0 Å². The van der Waals surface area contributed by atoms with Gasteiger partial charge in [0.05, 0.1) is 6.61 Å². The fraction of sp³-hybridized carbons (Fsp3) is 0.895. The van der Waals surface area contributed by atoms with Crippen molar-refractivity contribution in [1.29, 1.82) is 0 Å². The van der Waals surface area contributed by atoms with Crippen LogP contribution in [-0.2, 0) is 37.0 Å². The molecule has 0 saturated carbocycles. The Bertz CT molecular complexity index is 620. The average molecular weight is 504 g/mol. The molecule has 13 heteroatoms. The maximum Gasteiger partial charge on any atom is 0.481 e. The summed E-state index contributed by atoms with van der Waals surface area (Å²) in [5, 5.41) is 0. The third-order valence-electron chi connectivity index (χ3n) is 4.33. The van der Waals surface area contributed by atoms with Gasteiger partial charge in [-0.3, -0.25) is 14.1 Å². The molecular formula is C19H38O11P2. The lowest BCUT2D eigenvalue weighted by Gasteiger charge is -2.20. The van der Waals surface area contributed by atoms with Crippen molar-refractivity contribution in [2.24, 2.45) is 0 Å². The Kier molecular flexibility index (Phi) is 17.2. The monoisotopic (exact) mass is 504 g/mol. The van der Waals surface area contributed by atoms with Gasteiger partial charge in [-0.25, -0.2) is 9.13 Å². The zero-order chi connectivity index (χ0) is 24.5. The second kappa shape index (κ2) is 17.6. The van der Waals surface area contributed by atoms with E-state index in [-0.39, 0.29) is 12.8 Å². The van der Waals surface area contributed by atoms with Crippen molar-refractivity contribution in [3.8, 4) is 0 Å². The molecule has 0 aromatic heterocycles. The van der Waals surface area contributed by atoms with Gasteiger partial charge in [-0.15, -0.1) is 0 Å². The molecule has 0 bridgehead atoms. The summed E-state index contributed by atoms with van der Waals surface area (Å²) in [5.74, 6) is -1.12. The topological polar surface area (TPSA) is 166 Å². The summed E-state index contributed by atoms with van der Waals surface area (Å²) >= 11 is 0. The first-order valence-corrected chi connectivity index (χ1v) is 14.1. The predicted molar refractivity (Wildman–Crippen MR) is 116 cm³/mol. The van der Waals surface area contributed by atoms with Crippen molar-refractivity contribution in [1.82, 2.24) is 0 Å². The Morgan fingerprint density at radius 3 is 1.75 bits per heavy atom. The van der Waals surface area contributed by atoms with Crippen LogP contribution in [0.5, 0.6) is 0 Å². The number of rotatable bonds is 20. The van der Waals surface area contributed by atoms with E-state index in [0.29, 0.717) is 12.8 Å². The van der Waals surface area contributed by atoms with Crippen molar-refractivity contribution >= 4 is 27.6 Å². The van der Waals surface area contributed by atoms with Crippen LogP contribution < -0.4 is 0 Å². The molecule has 0 aromatic carbocycles. The number of carbonyl (C=O) groups is 2. The number of hydrogen-bond acceptors (Lipinski definition) is 8. The first kappa shape index (κ1) is 31.2. The Labute approximate surface area is 190 Å². The number of unbranched alkanes of at least 4 members (excludes halogenated alkanes) is 8. The van der Waals surface area contributed by atoms with Gasteiger partial charge in [0, 0.05) is 12.8 Å². The van der Waals surface area contributed by atoms with Crippen LogP contribution in [0, 0.1) is 0 Å². The van der Waals surface area contributed by atoms with Crippen LogP contribution in [0.2, 0.25) is 0 Å². The molecule has 11 nitrogen and oxygen atoms in total. The minimum Gasteiger partial charge on any atom is -0.462 e. The normalized spacial score (nSPS) is 14.5. The molecule has 3 N–H and O–H groups in total. The Morgan fingerprint density at radius 2 is 1.25 bits per heavy atom. The van der Waals surface area contributed by atoms with Gasteiger partial charge >= 0.3 is 27.6 Å². The van der Waals surface area contributed by atoms with Gasteiger partial charge < -0.3 is 24.2 Å². The Hall–Kier alpha value is -0.800. The molecular weight excluding hydrogens is 466 g/mol. The SMILES string of the molecule is CCCCCCCC(=O)OC[C@H](COP(=O)(O)OP(=O)(O)O)OC(=O)CCCCCCC. The lowest BCUT2D eigenvalue weighted by atomic mass is 10.1. The minimum absolute atomic E-state index is 0.112. The molecule has 0 spiro atoms. The molecule has 190 valence electrons. The molecule has 0 aromatic rings. The fourth-order valence-electron chi connectivity index (χ4n) is 2.70. The number of carbonyl (C=O) groups excluding carboxylic acids is 2. The molecule has 0 aliphatic carbocycles. The molecule has 0 aliphatic heterocycles. The number of phosphoric acid groups is 2. The quantitative estimate of drug-likeness (QED) is 0.122. The average Bonchev–Trinajstić information content (AvgIpc) is 2.68. The summed E-state index contributed by atoms with van der Waals surface area (Å²) in [6, 6.07) is 0. The molecule has 0 fully saturated rings. The third kappa shape index (κ3) is 19.9. The Balaban J connectivity index is 4.64. The van der Waals surface area contributed by atoms with Gasteiger partial charge in [-0.2, -0.15) is 4.31 Å². The van der Waals surface area contributed by atoms with Crippen molar-refractivity contribution in [2.45, 2.75) is 97.0 Å². The summed E-state index contributed by atoms with van der Waals surface area (Å²) < 4.78 is 40.8. The van der Waals surface area contributed by atoms with Crippen LogP contribution in [0.15, 0.2) is 0 Å². The first-order valence-electron chi connectivity index (χ1n) is 11.1.